The van der Waals surface area contributed by atoms with Gasteiger partial charge in [-0.3, -0.25) is 14.9 Å². The molecule has 21 heavy (non-hydrogen) atoms. The molecule has 0 aliphatic rings. The average molecular weight is 306 g/mol. The third kappa shape index (κ3) is 3.16. The fourth-order valence-corrected chi connectivity index (χ4v) is 2.40. The molecule has 110 valence electrons. The maximum atomic E-state index is 12.3. The van der Waals surface area contributed by atoms with Crippen LogP contribution >= 0.6 is 11.3 Å². The van der Waals surface area contributed by atoms with Crippen LogP contribution in [-0.4, -0.2) is 27.8 Å². The van der Waals surface area contributed by atoms with Gasteiger partial charge in [-0.2, -0.15) is 0 Å². The second kappa shape index (κ2) is 5.88. The number of carbonyl (C=O) groups is 1. The van der Waals surface area contributed by atoms with Gasteiger partial charge in [-0.15, -0.1) is 11.3 Å². The number of nitrogen functional groups attached to an aromatic ring is 1. The van der Waals surface area contributed by atoms with Gasteiger partial charge in [0.2, 0.25) is 0 Å². The minimum absolute atomic E-state index is 0.00176. The molecule has 1 amide bonds. The summed E-state index contributed by atoms with van der Waals surface area (Å²) in [6.45, 7) is 1.80. The van der Waals surface area contributed by atoms with Crippen LogP contribution in [0.3, 0.4) is 0 Å². The van der Waals surface area contributed by atoms with Crippen LogP contribution in [0.4, 0.5) is 10.8 Å². The first kappa shape index (κ1) is 14.9. The predicted octanol–water partition coefficient (Wildman–Crippen LogP) is 2.47. The summed E-state index contributed by atoms with van der Waals surface area (Å²) in [5, 5.41) is 12.7. The van der Waals surface area contributed by atoms with Gasteiger partial charge >= 0.3 is 0 Å². The third-order valence-corrected chi connectivity index (χ3v) is 3.88. The molecular formula is C13H14N4O3S. The van der Waals surface area contributed by atoms with E-state index in [0.29, 0.717) is 10.7 Å². The van der Waals surface area contributed by atoms with Crippen molar-refractivity contribution in [3.8, 4) is 0 Å². The Morgan fingerprint density at radius 3 is 2.81 bits per heavy atom. The molecule has 1 unspecified atom stereocenters. The molecule has 8 heteroatoms. The number of anilines is 1. The van der Waals surface area contributed by atoms with Crippen molar-refractivity contribution < 1.29 is 9.72 Å². The molecule has 0 aliphatic heterocycles. The standard InChI is InChI=1S/C13H14N4O3S/c1-8(9-4-3-5-10(6-9)17(19)20)16(2)12(18)11-7-21-13(14)15-11/h3-8H,1-2H3,(H2,14,15). The van der Waals surface area contributed by atoms with Crippen LogP contribution in [0, 0.1) is 10.1 Å². The van der Waals surface area contributed by atoms with Gasteiger partial charge in [0.25, 0.3) is 11.6 Å². The topological polar surface area (TPSA) is 102 Å². The van der Waals surface area contributed by atoms with Gasteiger partial charge in [0.1, 0.15) is 5.69 Å². The van der Waals surface area contributed by atoms with E-state index in [1.54, 1.807) is 31.5 Å². The Morgan fingerprint density at radius 2 is 2.24 bits per heavy atom. The SMILES string of the molecule is CC(c1cccc([N+](=O)[O-])c1)N(C)C(=O)c1csc(N)n1. The van der Waals surface area contributed by atoms with E-state index in [4.69, 9.17) is 5.73 Å². The zero-order valence-corrected chi connectivity index (χ0v) is 12.3. The molecule has 0 bridgehead atoms. The van der Waals surface area contributed by atoms with Crippen molar-refractivity contribution >= 4 is 28.1 Å². The Balaban J connectivity index is 2.22. The summed E-state index contributed by atoms with van der Waals surface area (Å²) in [6.07, 6.45) is 0. The number of nitro groups is 1. The highest BCUT2D eigenvalue weighted by Gasteiger charge is 2.22. The van der Waals surface area contributed by atoms with E-state index >= 15 is 0 Å². The van der Waals surface area contributed by atoms with Gasteiger partial charge in [0, 0.05) is 24.6 Å². The minimum atomic E-state index is -0.459. The number of nitro benzene ring substituents is 1. The summed E-state index contributed by atoms with van der Waals surface area (Å²) < 4.78 is 0. The maximum Gasteiger partial charge on any atom is 0.273 e. The molecule has 0 saturated heterocycles. The van der Waals surface area contributed by atoms with E-state index in [1.807, 2.05) is 0 Å². The Morgan fingerprint density at radius 1 is 1.52 bits per heavy atom. The van der Waals surface area contributed by atoms with Gasteiger partial charge in [-0.05, 0) is 12.5 Å². The lowest BCUT2D eigenvalue weighted by Crippen LogP contribution is -2.30. The lowest BCUT2D eigenvalue weighted by Gasteiger charge is -2.24. The molecule has 0 radical (unpaired) electrons. The number of nitrogens with zero attached hydrogens (tertiary/aromatic N) is 3. The first-order chi connectivity index (χ1) is 9.90. The zero-order chi connectivity index (χ0) is 15.6. The monoisotopic (exact) mass is 306 g/mol. The van der Waals surface area contributed by atoms with Crippen LogP contribution in [0.25, 0.3) is 0 Å². The number of hydrogen-bond acceptors (Lipinski definition) is 6. The molecule has 1 atom stereocenters. The molecule has 0 aliphatic carbocycles. The normalized spacial score (nSPS) is 11.9. The van der Waals surface area contributed by atoms with Crippen LogP contribution in [0.5, 0.6) is 0 Å². The molecule has 1 aromatic heterocycles. The minimum Gasteiger partial charge on any atom is -0.375 e. The van der Waals surface area contributed by atoms with Crippen molar-refractivity contribution in [2.45, 2.75) is 13.0 Å². The lowest BCUT2D eigenvalue weighted by atomic mass is 10.1. The number of benzene rings is 1. The fourth-order valence-electron chi connectivity index (χ4n) is 1.86. The van der Waals surface area contributed by atoms with E-state index < -0.39 is 4.92 Å². The predicted molar refractivity (Wildman–Crippen MR) is 80.1 cm³/mol. The first-order valence-electron chi connectivity index (χ1n) is 6.12. The van der Waals surface area contributed by atoms with Crippen molar-refractivity contribution in [2.24, 2.45) is 0 Å². The van der Waals surface area contributed by atoms with Crippen molar-refractivity contribution in [3.05, 3.63) is 51.0 Å². The van der Waals surface area contributed by atoms with Crippen molar-refractivity contribution in [1.82, 2.24) is 9.88 Å². The smallest absolute Gasteiger partial charge is 0.273 e. The third-order valence-electron chi connectivity index (χ3n) is 3.21. The Labute approximate surface area is 125 Å². The van der Waals surface area contributed by atoms with E-state index in [9.17, 15) is 14.9 Å². The number of non-ortho nitro benzene ring substituents is 1. The highest BCUT2D eigenvalue weighted by molar-refractivity contribution is 7.13. The molecule has 0 spiro atoms. The maximum absolute atomic E-state index is 12.3. The van der Waals surface area contributed by atoms with E-state index in [1.165, 1.54) is 28.4 Å². The lowest BCUT2D eigenvalue weighted by molar-refractivity contribution is -0.384. The number of carbonyl (C=O) groups excluding carboxylic acids is 1. The number of hydrogen-bond donors (Lipinski definition) is 1. The number of thiazole rings is 1. The molecular weight excluding hydrogens is 292 g/mol. The van der Waals surface area contributed by atoms with Gasteiger partial charge in [0.15, 0.2) is 5.13 Å². The Hall–Kier alpha value is -2.48. The summed E-state index contributed by atoms with van der Waals surface area (Å²) in [5.41, 5.74) is 6.48. The molecule has 0 fully saturated rings. The second-order valence-electron chi connectivity index (χ2n) is 4.52. The van der Waals surface area contributed by atoms with Crippen LogP contribution in [0.15, 0.2) is 29.6 Å². The van der Waals surface area contributed by atoms with Crippen LogP contribution in [0.1, 0.15) is 29.0 Å². The van der Waals surface area contributed by atoms with Crippen molar-refractivity contribution in [2.75, 3.05) is 12.8 Å². The van der Waals surface area contributed by atoms with Crippen LogP contribution < -0.4 is 5.73 Å². The molecule has 2 aromatic rings. The summed E-state index contributed by atoms with van der Waals surface area (Å²) in [6, 6.07) is 5.91. The van der Waals surface area contributed by atoms with Crippen molar-refractivity contribution in [3.63, 3.8) is 0 Å². The highest BCUT2D eigenvalue weighted by Crippen LogP contribution is 2.24. The van der Waals surface area contributed by atoms with Gasteiger partial charge in [-0.25, -0.2) is 4.98 Å². The summed E-state index contributed by atoms with van der Waals surface area (Å²) in [5.74, 6) is -0.276. The number of amides is 1. The molecule has 1 heterocycles. The molecule has 0 saturated carbocycles. The summed E-state index contributed by atoms with van der Waals surface area (Å²) >= 11 is 1.19. The van der Waals surface area contributed by atoms with Crippen LogP contribution in [-0.2, 0) is 0 Å². The van der Waals surface area contributed by atoms with E-state index in [2.05, 4.69) is 4.98 Å². The molecule has 1 aromatic carbocycles. The largest absolute Gasteiger partial charge is 0.375 e. The quantitative estimate of drug-likeness (QED) is 0.690. The van der Waals surface area contributed by atoms with Gasteiger partial charge in [0.05, 0.1) is 11.0 Å². The van der Waals surface area contributed by atoms with Gasteiger partial charge in [-0.1, -0.05) is 12.1 Å². The fraction of sp³-hybridized carbons (Fsp3) is 0.231. The Bertz CT molecular complexity index is 686. The van der Waals surface area contributed by atoms with E-state index in [-0.39, 0.29) is 23.3 Å². The first-order valence-corrected chi connectivity index (χ1v) is 7.00. The number of aromatic nitrogens is 1. The van der Waals surface area contributed by atoms with Gasteiger partial charge < -0.3 is 10.6 Å². The number of rotatable bonds is 4. The molecule has 2 rings (SSSR count). The summed E-state index contributed by atoms with van der Waals surface area (Å²) in [7, 11) is 1.63. The van der Waals surface area contributed by atoms with E-state index in [0.717, 1.165) is 0 Å². The zero-order valence-electron chi connectivity index (χ0n) is 11.5. The number of nitrogens with two attached hydrogens (primary N) is 1. The Kier molecular flexibility index (Phi) is 4.18. The average Bonchev–Trinajstić information content (AvgIpc) is 2.91. The molecule has 7 nitrogen and oxygen atoms in total. The second-order valence-corrected chi connectivity index (χ2v) is 5.40. The van der Waals surface area contributed by atoms with Crippen molar-refractivity contribution in [1.29, 1.82) is 0 Å². The highest BCUT2D eigenvalue weighted by atomic mass is 32.1. The molecule has 2 N–H and O–H groups in total. The summed E-state index contributed by atoms with van der Waals surface area (Å²) in [4.78, 5) is 28.0. The van der Waals surface area contributed by atoms with Crippen LogP contribution in [0.2, 0.25) is 0 Å².